The van der Waals surface area contributed by atoms with E-state index in [0.717, 1.165) is 0 Å². The van der Waals surface area contributed by atoms with Gasteiger partial charge in [0, 0.05) is 11.4 Å². The Bertz CT molecular complexity index is 581. The molecule has 0 bridgehead atoms. The van der Waals surface area contributed by atoms with Crippen LogP contribution in [0, 0.1) is 5.82 Å². The van der Waals surface area contributed by atoms with Crippen molar-refractivity contribution in [1.29, 1.82) is 0 Å². The van der Waals surface area contributed by atoms with Crippen LogP contribution in [0.2, 0.25) is 0 Å². The molecule has 0 saturated carbocycles. The molecule has 1 aromatic heterocycles. The summed E-state index contributed by atoms with van der Waals surface area (Å²) in [5.74, 6) is -1.03. The van der Waals surface area contributed by atoms with Crippen molar-refractivity contribution in [2.75, 3.05) is 0 Å². The van der Waals surface area contributed by atoms with Gasteiger partial charge in [-0.1, -0.05) is 0 Å². The third kappa shape index (κ3) is 2.80. The third-order valence-electron chi connectivity index (χ3n) is 2.44. The van der Waals surface area contributed by atoms with Crippen LogP contribution >= 0.6 is 12.4 Å². The molecule has 2 rings (SSSR count). The van der Waals surface area contributed by atoms with Crippen LogP contribution in [-0.4, -0.2) is 11.9 Å². The fraction of sp³-hybridized carbons (Fsp3) is 0.250. The minimum Gasteiger partial charge on any atom is -0.451 e. The molecule has 0 spiro atoms. The Kier molecular flexibility index (Phi) is 4.32. The molecule has 4 nitrogen and oxygen atoms in total. The van der Waals surface area contributed by atoms with Gasteiger partial charge in [0.15, 0.2) is 5.76 Å². The highest BCUT2D eigenvalue weighted by molar-refractivity contribution is 5.95. The van der Waals surface area contributed by atoms with Crippen molar-refractivity contribution in [1.82, 2.24) is 0 Å². The molecule has 4 N–H and O–H groups in total. The number of nitrogens with two attached hydrogens (primary N) is 2. The number of carbonyl (C=O) groups is 1. The zero-order valence-corrected chi connectivity index (χ0v) is 10.6. The number of hydrogen-bond donors (Lipinski definition) is 2. The zero-order chi connectivity index (χ0) is 12.6. The van der Waals surface area contributed by atoms with E-state index in [4.69, 9.17) is 15.9 Å². The van der Waals surface area contributed by atoms with Gasteiger partial charge in [-0.25, -0.2) is 4.39 Å². The van der Waals surface area contributed by atoms with E-state index < -0.39 is 5.91 Å². The summed E-state index contributed by atoms with van der Waals surface area (Å²) in [6, 6.07) is 3.98. The maximum Gasteiger partial charge on any atom is 0.284 e. The number of fused-ring (bicyclic) bond motifs is 1. The van der Waals surface area contributed by atoms with Crippen molar-refractivity contribution in [3.63, 3.8) is 0 Å². The number of primary amides is 1. The molecule has 1 unspecified atom stereocenters. The fourth-order valence-corrected chi connectivity index (χ4v) is 1.81. The van der Waals surface area contributed by atoms with Crippen LogP contribution < -0.4 is 11.5 Å². The van der Waals surface area contributed by atoms with Crippen LogP contribution in [0.4, 0.5) is 4.39 Å². The molecule has 0 saturated heterocycles. The Morgan fingerprint density at radius 1 is 1.44 bits per heavy atom. The molecule has 0 aliphatic rings. The number of amides is 1. The first-order valence-electron chi connectivity index (χ1n) is 5.24. The Balaban J connectivity index is 0.00000162. The van der Waals surface area contributed by atoms with Crippen molar-refractivity contribution >= 4 is 29.3 Å². The Morgan fingerprint density at radius 2 is 2.11 bits per heavy atom. The van der Waals surface area contributed by atoms with E-state index in [1.807, 2.05) is 6.92 Å². The van der Waals surface area contributed by atoms with E-state index >= 15 is 0 Å². The van der Waals surface area contributed by atoms with Gasteiger partial charge in [0.05, 0.1) is 0 Å². The van der Waals surface area contributed by atoms with Crippen molar-refractivity contribution in [2.45, 2.75) is 19.4 Å². The smallest absolute Gasteiger partial charge is 0.284 e. The second kappa shape index (κ2) is 5.37. The van der Waals surface area contributed by atoms with E-state index in [9.17, 15) is 9.18 Å². The summed E-state index contributed by atoms with van der Waals surface area (Å²) in [5, 5.41) is 0.523. The normalized spacial score (nSPS) is 12.2. The minimum atomic E-state index is -0.673. The molecule has 0 radical (unpaired) electrons. The summed E-state index contributed by atoms with van der Waals surface area (Å²) in [6.45, 7) is 1.81. The van der Waals surface area contributed by atoms with E-state index in [0.29, 0.717) is 23.0 Å². The summed E-state index contributed by atoms with van der Waals surface area (Å²) in [5.41, 5.74) is 11.9. The van der Waals surface area contributed by atoms with Gasteiger partial charge >= 0.3 is 0 Å². The van der Waals surface area contributed by atoms with Gasteiger partial charge in [-0.15, -0.1) is 12.4 Å². The highest BCUT2D eigenvalue weighted by Crippen LogP contribution is 2.25. The Hall–Kier alpha value is -1.59. The van der Waals surface area contributed by atoms with Crippen LogP contribution in [0.5, 0.6) is 0 Å². The second-order valence-electron chi connectivity index (χ2n) is 4.14. The van der Waals surface area contributed by atoms with Crippen molar-refractivity contribution in [2.24, 2.45) is 11.5 Å². The molecule has 1 atom stereocenters. The molecule has 0 fully saturated rings. The standard InChI is InChI=1S/C12H13FN2O2.ClH/c1-6(14)2-7-3-9(13)4-8-5-10(12(15)16)17-11(7)8;/h3-6H,2,14H2,1H3,(H2,15,16);1H. The van der Waals surface area contributed by atoms with Gasteiger partial charge in [0.1, 0.15) is 11.4 Å². The summed E-state index contributed by atoms with van der Waals surface area (Å²) in [4.78, 5) is 11.0. The van der Waals surface area contributed by atoms with Crippen molar-refractivity contribution in [3.05, 3.63) is 35.3 Å². The molecule has 0 aliphatic heterocycles. The summed E-state index contributed by atoms with van der Waals surface area (Å²) in [7, 11) is 0. The van der Waals surface area contributed by atoms with Crippen molar-refractivity contribution in [3.8, 4) is 0 Å². The van der Waals surface area contributed by atoms with Crippen LogP contribution in [-0.2, 0) is 6.42 Å². The van der Waals surface area contributed by atoms with Crippen LogP contribution in [0.15, 0.2) is 22.6 Å². The summed E-state index contributed by atoms with van der Waals surface area (Å²) < 4.78 is 18.7. The van der Waals surface area contributed by atoms with Gasteiger partial charge in [0.25, 0.3) is 5.91 Å². The summed E-state index contributed by atoms with van der Waals surface area (Å²) in [6.07, 6.45) is 0.472. The van der Waals surface area contributed by atoms with Crippen LogP contribution in [0.1, 0.15) is 23.0 Å². The van der Waals surface area contributed by atoms with Gasteiger partial charge in [-0.05, 0) is 37.1 Å². The second-order valence-corrected chi connectivity index (χ2v) is 4.14. The average molecular weight is 273 g/mol. The molecular weight excluding hydrogens is 259 g/mol. The number of halogens is 2. The Morgan fingerprint density at radius 3 is 2.67 bits per heavy atom. The van der Waals surface area contributed by atoms with Gasteiger partial charge in [-0.2, -0.15) is 0 Å². The topological polar surface area (TPSA) is 82.2 Å². The zero-order valence-electron chi connectivity index (χ0n) is 9.77. The molecule has 1 aromatic carbocycles. The van der Waals surface area contributed by atoms with E-state index in [1.165, 1.54) is 18.2 Å². The molecule has 18 heavy (non-hydrogen) atoms. The fourth-order valence-electron chi connectivity index (χ4n) is 1.81. The number of furan rings is 1. The maximum atomic E-state index is 13.4. The number of hydrogen-bond acceptors (Lipinski definition) is 3. The predicted molar refractivity (Wildman–Crippen MR) is 69.3 cm³/mol. The monoisotopic (exact) mass is 272 g/mol. The number of benzene rings is 1. The molecule has 2 aromatic rings. The van der Waals surface area contributed by atoms with Crippen LogP contribution in [0.25, 0.3) is 11.0 Å². The molecular formula is C12H14ClFN2O2. The quantitative estimate of drug-likeness (QED) is 0.896. The first-order valence-corrected chi connectivity index (χ1v) is 5.24. The summed E-state index contributed by atoms with van der Waals surface area (Å²) >= 11 is 0. The molecule has 6 heteroatoms. The highest BCUT2D eigenvalue weighted by Gasteiger charge is 2.14. The lowest BCUT2D eigenvalue weighted by Gasteiger charge is -2.05. The third-order valence-corrected chi connectivity index (χ3v) is 2.44. The van der Waals surface area contributed by atoms with Crippen LogP contribution in [0.3, 0.4) is 0 Å². The van der Waals surface area contributed by atoms with E-state index in [1.54, 1.807) is 0 Å². The molecule has 98 valence electrons. The maximum absolute atomic E-state index is 13.4. The number of carbonyl (C=O) groups excluding carboxylic acids is 1. The average Bonchev–Trinajstić information content (AvgIpc) is 2.60. The largest absolute Gasteiger partial charge is 0.451 e. The molecule has 0 aliphatic carbocycles. The van der Waals surface area contributed by atoms with E-state index in [-0.39, 0.29) is 30.0 Å². The van der Waals surface area contributed by atoms with E-state index in [2.05, 4.69) is 0 Å². The van der Waals surface area contributed by atoms with Crippen molar-refractivity contribution < 1.29 is 13.6 Å². The lowest BCUT2D eigenvalue weighted by atomic mass is 10.1. The van der Waals surface area contributed by atoms with Gasteiger partial charge in [-0.3, -0.25) is 4.79 Å². The molecule has 1 heterocycles. The SMILES string of the molecule is CC(N)Cc1cc(F)cc2cc(C(N)=O)oc12.Cl. The highest BCUT2D eigenvalue weighted by atomic mass is 35.5. The lowest BCUT2D eigenvalue weighted by Crippen LogP contribution is -2.17. The number of rotatable bonds is 3. The lowest BCUT2D eigenvalue weighted by molar-refractivity contribution is 0.0976. The molecule has 1 amide bonds. The first kappa shape index (κ1) is 14.5. The van der Waals surface area contributed by atoms with Gasteiger partial charge in [0.2, 0.25) is 0 Å². The first-order chi connectivity index (χ1) is 7.97. The minimum absolute atomic E-state index is 0. The Labute approximate surface area is 110 Å². The predicted octanol–water partition coefficient (Wildman–Crippen LogP) is 1.98. The van der Waals surface area contributed by atoms with Gasteiger partial charge < -0.3 is 15.9 Å².